The highest BCUT2D eigenvalue weighted by Crippen LogP contribution is 2.58. The SMILES string of the molecule is C=CCOC(=O)N1C(C(=O)O)CCC2C1C2(F)F. The molecule has 0 spiro atoms. The summed E-state index contributed by atoms with van der Waals surface area (Å²) in [7, 11) is 0. The number of hydrogen-bond donors (Lipinski definition) is 1. The van der Waals surface area contributed by atoms with E-state index in [0.717, 1.165) is 0 Å². The number of likely N-dealkylation sites (tertiary alicyclic amines) is 1. The molecule has 0 radical (unpaired) electrons. The molecule has 18 heavy (non-hydrogen) atoms. The number of carboxylic acid groups (broad SMARTS) is 1. The highest BCUT2D eigenvalue weighted by atomic mass is 19.3. The molecule has 1 N–H and O–H groups in total. The molecule has 3 atom stereocenters. The molecule has 1 aliphatic carbocycles. The number of amides is 1. The number of nitrogens with zero attached hydrogens (tertiary/aromatic N) is 1. The first-order valence-corrected chi connectivity index (χ1v) is 5.57. The molecule has 1 saturated carbocycles. The Morgan fingerprint density at radius 2 is 2.17 bits per heavy atom. The highest BCUT2D eigenvalue weighted by Gasteiger charge is 2.74. The zero-order valence-electron chi connectivity index (χ0n) is 9.51. The molecule has 1 heterocycles. The van der Waals surface area contributed by atoms with Crippen LogP contribution in [0.4, 0.5) is 13.6 Å². The van der Waals surface area contributed by atoms with Gasteiger partial charge in [0.2, 0.25) is 0 Å². The van der Waals surface area contributed by atoms with E-state index in [1.54, 1.807) is 0 Å². The van der Waals surface area contributed by atoms with Crippen molar-refractivity contribution in [2.75, 3.05) is 6.61 Å². The van der Waals surface area contributed by atoms with Gasteiger partial charge in [0.25, 0.3) is 5.92 Å². The first-order chi connectivity index (χ1) is 8.41. The van der Waals surface area contributed by atoms with Gasteiger partial charge in [-0.3, -0.25) is 4.90 Å². The van der Waals surface area contributed by atoms with Gasteiger partial charge in [-0.2, -0.15) is 0 Å². The van der Waals surface area contributed by atoms with E-state index in [2.05, 4.69) is 11.3 Å². The fourth-order valence-electron chi connectivity index (χ4n) is 2.46. The molecular formula is C11H13F2NO4. The van der Waals surface area contributed by atoms with Crippen molar-refractivity contribution in [2.45, 2.75) is 30.8 Å². The molecule has 0 aromatic rings. The summed E-state index contributed by atoms with van der Waals surface area (Å²) in [5, 5.41) is 8.97. The third kappa shape index (κ3) is 1.83. The predicted molar refractivity (Wildman–Crippen MR) is 56.3 cm³/mol. The lowest BCUT2D eigenvalue weighted by Crippen LogP contribution is -2.50. The maximum absolute atomic E-state index is 13.4. The fraction of sp³-hybridized carbons (Fsp3) is 0.636. The van der Waals surface area contributed by atoms with Crippen LogP contribution < -0.4 is 0 Å². The Morgan fingerprint density at radius 3 is 2.72 bits per heavy atom. The molecule has 5 nitrogen and oxygen atoms in total. The van der Waals surface area contributed by atoms with Crippen LogP contribution in [0.5, 0.6) is 0 Å². The summed E-state index contributed by atoms with van der Waals surface area (Å²) < 4.78 is 31.5. The molecule has 1 amide bonds. The van der Waals surface area contributed by atoms with E-state index < -0.39 is 36.0 Å². The van der Waals surface area contributed by atoms with Crippen molar-refractivity contribution < 1.29 is 28.2 Å². The van der Waals surface area contributed by atoms with Crippen LogP contribution in [-0.4, -0.2) is 46.7 Å². The number of fused-ring (bicyclic) bond motifs is 1. The summed E-state index contributed by atoms with van der Waals surface area (Å²) in [5.74, 6) is -5.23. The van der Waals surface area contributed by atoms with Crippen LogP contribution >= 0.6 is 0 Å². The van der Waals surface area contributed by atoms with Crippen molar-refractivity contribution in [3.05, 3.63) is 12.7 Å². The first kappa shape index (κ1) is 12.8. The number of alkyl halides is 2. The van der Waals surface area contributed by atoms with Gasteiger partial charge in [0.15, 0.2) is 0 Å². The average Bonchev–Trinajstić information content (AvgIpc) is 2.88. The van der Waals surface area contributed by atoms with Crippen LogP contribution in [0, 0.1) is 5.92 Å². The first-order valence-electron chi connectivity index (χ1n) is 5.57. The smallest absolute Gasteiger partial charge is 0.411 e. The van der Waals surface area contributed by atoms with E-state index in [1.165, 1.54) is 6.08 Å². The molecule has 100 valence electrons. The van der Waals surface area contributed by atoms with Gasteiger partial charge >= 0.3 is 12.1 Å². The Bertz CT molecular complexity index is 399. The summed E-state index contributed by atoms with van der Waals surface area (Å²) in [6, 6.07) is -2.58. The third-order valence-corrected chi connectivity index (χ3v) is 3.37. The number of carbonyl (C=O) groups is 2. The minimum atomic E-state index is -3.00. The summed E-state index contributed by atoms with van der Waals surface area (Å²) in [4.78, 5) is 23.3. The molecule has 0 aromatic heterocycles. The number of rotatable bonds is 3. The average molecular weight is 261 g/mol. The molecule has 0 bridgehead atoms. The van der Waals surface area contributed by atoms with Gasteiger partial charge in [-0.25, -0.2) is 18.4 Å². The topological polar surface area (TPSA) is 66.8 Å². The van der Waals surface area contributed by atoms with Crippen LogP contribution in [0.3, 0.4) is 0 Å². The zero-order valence-corrected chi connectivity index (χ0v) is 9.51. The number of hydrogen-bond acceptors (Lipinski definition) is 3. The van der Waals surface area contributed by atoms with Crippen molar-refractivity contribution in [3.63, 3.8) is 0 Å². The fourth-order valence-corrected chi connectivity index (χ4v) is 2.46. The molecule has 2 fully saturated rings. The van der Waals surface area contributed by atoms with Crippen LogP contribution in [-0.2, 0) is 9.53 Å². The molecule has 0 aromatic carbocycles. The standard InChI is InChI=1S/C11H13F2NO4/c1-2-5-18-10(17)14-7(9(15)16)4-3-6-8(14)11(6,12)13/h2,6-8H,1,3-5H2,(H,15,16). The number of ether oxygens (including phenoxy) is 1. The van der Waals surface area contributed by atoms with Crippen molar-refractivity contribution >= 4 is 12.1 Å². The predicted octanol–water partition coefficient (Wildman–Crippen LogP) is 1.49. The molecule has 7 heteroatoms. The monoisotopic (exact) mass is 261 g/mol. The lowest BCUT2D eigenvalue weighted by Gasteiger charge is -2.30. The molecule has 3 unspecified atom stereocenters. The van der Waals surface area contributed by atoms with Gasteiger partial charge in [-0.05, 0) is 12.8 Å². The summed E-state index contributed by atoms with van der Waals surface area (Å²) in [5.41, 5.74) is 0. The molecular weight excluding hydrogens is 248 g/mol. The Hall–Kier alpha value is -1.66. The highest BCUT2D eigenvalue weighted by molar-refractivity contribution is 5.81. The Kier molecular flexibility index (Phi) is 3.00. The lowest BCUT2D eigenvalue weighted by atomic mass is 10.0. The van der Waals surface area contributed by atoms with E-state index in [0.29, 0.717) is 4.90 Å². The van der Waals surface area contributed by atoms with Gasteiger partial charge in [-0.15, -0.1) is 0 Å². The molecule has 1 aliphatic heterocycles. The van der Waals surface area contributed by atoms with Crippen LogP contribution in [0.15, 0.2) is 12.7 Å². The Balaban J connectivity index is 2.17. The number of piperidine rings is 1. The van der Waals surface area contributed by atoms with Crippen molar-refractivity contribution in [2.24, 2.45) is 5.92 Å². The normalized spacial score (nSPS) is 32.3. The van der Waals surface area contributed by atoms with Crippen LogP contribution in [0.2, 0.25) is 0 Å². The third-order valence-electron chi connectivity index (χ3n) is 3.37. The van der Waals surface area contributed by atoms with Crippen LogP contribution in [0.25, 0.3) is 0 Å². The zero-order chi connectivity index (χ0) is 13.5. The molecule has 2 aliphatic rings. The van der Waals surface area contributed by atoms with Gasteiger partial charge in [0.05, 0.1) is 5.92 Å². The number of halogens is 2. The van der Waals surface area contributed by atoms with E-state index in [9.17, 15) is 18.4 Å². The van der Waals surface area contributed by atoms with E-state index in [-0.39, 0.29) is 19.4 Å². The van der Waals surface area contributed by atoms with Gasteiger partial charge in [0, 0.05) is 0 Å². The van der Waals surface area contributed by atoms with Gasteiger partial charge < -0.3 is 9.84 Å². The Labute approximate surface area is 102 Å². The van der Waals surface area contributed by atoms with Crippen molar-refractivity contribution in [1.29, 1.82) is 0 Å². The quantitative estimate of drug-likeness (QED) is 0.782. The number of aliphatic carboxylic acids is 1. The minimum absolute atomic E-state index is 0.0231. The Morgan fingerprint density at radius 1 is 1.50 bits per heavy atom. The van der Waals surface area contributed by atoms with Crippen molar-refractivity contribution in [3.8, 4) is 0 Å². The van der Waals surface area contributed by atoms with Gasteiger partial charge in [-0.1, -0.05) is 12.7 Å². The van der Waals surface area contributed by atoms with Gasteiger partial charge in [0.1, 0.15) is 18.7 Å². The second-order valence-electron chi connectivity index (χ2n) is 4.43. The maximum atomic E-state index is 13.4. The van der Waals surface area contributed by atoms with Crippen molar-refractivity contribution in [1.82, 2.24) is 4.90 Å². The largest absolute Gasteiger partial charge is 0.480 e. The van der Waals surface area contributed by atoms with E-state index >= 15 is 0 Å². The summed E-state index contributed by atoms with van der Waals surface area (Å²) in [6.45, 7) is 3.20. The number of carboxylic acids is 1. The lowest BCUT2D eigenvalue weighted by molar-refractivity contribution is -0.144. The summed E-state index contributed by atoms with van der Waals surface area (Å²) >= 11 is 0. The molecule has 2 rings (SSSR count). The summed E-state index contributed by atoms with van der Waals surface area (Å²) in [6.07, 6.45) is 0.407. The van der Waals surface area contributed by atoms with Crippen LogP contribution in [0.1, 0.15) is 12.8 Å². The number of carbonyl (C=O) groups excluding carboxylic acids is 1. The van der Waals surface area contributed by atoms with E-state index in [1.807, 2.05) is 0 Å². The van der Waals surface area contributed by atoms with E-state index in [4.69, 9.17) is 5.11 Å². The second kappa shape index (κ2) is 4.22. The second-order valence-corrected chi connectivity index (χ2v) is 4.43. The minimum Gasteiger partial charge on any atom is -0.480 e. The molecule has 1 saturated heterocycles. The maximum Gasteiger partial charge on any atom is 0.411 e.